The van der Waals surface area contributed by atoms with E-state index >= 15 is 0 Å². The van der Waals surface area contributed by atoms with Crippen molar-refractivity contribution in [2.75, 3.05) is 5.32 Å². The lowest BCUT2D eigenvalue weighted by Crippen LogP contribution is -2.27. The minimum atomic E-state index is 0.644. The maximum Gasteiger partial charge on any atom is 0.171 e. The molecule has 18 heavy (non-hydrogen) atoms. The quantitative estimate of drug-likeness (QED) is 0.814. The van der Waals surface area contributed by atoms with Crippen LogP contribution in [0.25, 0.3) is 0 Å². The van der Waals surface area contributed by atoms with Gasteiger partial charge < -0.3 is 10.6 Å². The molecule has 2 N–H and O–H groups in total. The summed E-state index contributed by atoms with van der Waals surface area (Å²) >= 11 is 10.5. The molecule has 0 aliphatic rings. The first kappa shape index (κ1) is 13.5. The van der Waals surface area contributed by atoms with Gasteiger partial charge in [-0.15, -0.1) is 11.3 Å². The molecule has 0 aliphatic heterocycles. The van der Waals surface area contributed by atoms with E-state index in [9.17, 15) is 0 Å². The number of hydrogen-bond donors (Lipinski definition) is 2. The molecule has 1 heterocycles. The van der Waals surface area contributed by atoms with Crippen LogP contribution in [-0.2, 0) is 6.54 Å². The van der Waals surface area contributed by atoms with Crippen LogP contribution in [0, 0.1) is 6.92 Å². The minimum absolute atomic E-state index is 0.644. The molecule has 0 atom stereocenters. The van der Waals surface area contributed by atoms with Crippen molar-refractivity contribution in [1.82, 2.24) is 5.32 Å². The maximum atomic E-state index is 5.26. The van der Waals surface area contributed by atoms with E-state index in [4.69, 9.17) is 12.2 Å². The standard InChI is InChI=1S/C13H13BrN2S2/c1-9-7-10(4-5-12(9)14)16-13(17)15-8-11-3-2-6-18-11/h2-7H,8H2,1H3,(H2,15,16,17). The van der Waals surface area contributed by atoms with Crippen molar-refractivity contribution in [3.63, 3.8) is 0 Å². The van der Waals surface area contributed by atoms with Crippen LogP contribution in [0.1, 0.15) is 10.4 Å². The van der Waals surface area contributed by atoms with E-state index in [1.54, 1.807) is 11.3 Å². The van der Waals surface area contributed by atoms with Crippen LogP contribution in [0.2, 0.25) is 0 Å². The Morgan fingerprint density at radius 3 is 2.89 bits per heavy atom. The van der Waals surface area contributed by atoms with Crippen molar-refractivity contribution in [3.8, 4) is 0 Å². The van der Waals surface area contributed by atoms with Crippen LogP contribution in [-0.4, -0.2) is 5.11 Å². The monoisotopic (exact) mass is 340 g/mol. The van der Waals surface area contributed by atoms with Crippen molar-refractivity contribution in [3.05, 3.63) is 50.6 Å². The highest BCUT2D eigenvalue weighted by atomic mass is 79.9. The van der Waals surface area contributed by atoms with E-state index in [-0.39, 0.29) is 0 Å². The Kier molecular flexibility index (Phi) is 4.74. The third kappa shape index (κ3) is 3.80. The fraction of sp³-hybridized carbons (Fsp3) is 0.154. The summed E-state index contributed by atoms with van der Waals surface area (Å²) in [6, 6.07) is 10.2. The highest BCUT2D eigenvalue weighted by Gasteiger charge is 2.00. The van der Waals surface area contributed by atoms with Gasteiger partial charge >= 0.3 is 0 Å². The summed E-state index contributed by atoms with van der Waals surface area (Å²) in [5.74, 6) is 0. The van der Waals surface area contributed by atoms with E-state index in [0.29, 0.717) is 5.11 Å². The van der Waals surface area contributed by atoms with Gasteiger partial charge in [0.05, 0.1) is 6.54 Å². The number of hydrogen-bond acceptors (Lipinski definition) is 2. The van der Waals surface area contributed by atoms with Gasteiger partial charge in [0, 0.05) is 15.0 Å². The number of aryl methyl sites for hydroxylation is 1. The summed E-state index contributed by atoms with van der Waals surface area (Å²) in [5, 5.41) is 9.07. The average molecular weight is 341 g/mol. The molecular weight excluding hydrogens is 328 g/mol. The molecule has 0 unspecified atom stereocenters. The predicted octanol–water partition coefficient (Wildman–Crippen LogP) is 4.31. The Morgan fingerprint density at radius 1 is 1.39 bits per heavy atom. The van der Waals surface area contributed by atoms with Crippen LogP contribution in [0.3, 0.4) is 0 Å². The molecule has 2 aromatic rings. The number of thiocarbonyl (C=S) groups is 1. The summed E-state index contributed by atoms with van der Waals surface area (Å²) in [6.07, 6.45) is 0. The average Bonchev–Trinajstić information content (AvgIpc) is 2.84. The van der Waals surface area contributed by atoms with Crippen LogP contribution < -0.4 is 10.6 Å². The van der Waals surface area contributed by atoms with E-state index in [0.717, 1.165) is 16.7 Å². The number of thiophene rings is 1. The topological polar surface area (TPSA) is 24.1 Å². The van der Waals surface area contributed by atoms with Crippen molar-refractivity contribution in [1.29, 1.82) is 0 Å². The van der Waals surface area contributed by atoms with Crippen molar-refractivity contribution in [2.24, 2.45) is 0 Å². The smallest absolute Gasteiger partial charge is 0.171 e. The second-order valence-electron chi connectivity index (χ2n) is 3.85. The second-order valence-corrected chi connectivity index (χ2v) is 6.15. The highest BCUT2D eigenvalue weighted by Crippen LogP contribution is 2.19. The van der Waals surface area contributed by atoms with Gasteiger partial charge in [-0.25, -0.2) is 0 Å². The van der Waals surface area contributed by atoms with Crippen molar-refractivity contribution < 1.29 is 0 Å². The van der Waals surface area contributed by atoms with Gasteiger partial charge in [-0.05, 0) is 54.4 Å². The fourth-order valence-corrected chi connectivity index (χ4v) is 2.56. The number of halogens is 1. The molecule has 0 fully saturated rings. The van der Waals surface area contributed by atoms with Gasteiger partial charge in [0.15, 0.2) is 5.11 Å². The Labute approximate surface area is 125 Å². The zero-order valence-electron chi connectivity index (χ0n) is 9.87. The Morgan fingerprint density at radius 2 is 2.22 bits per heavy atom. The third-order valence-electron chi connectivity index (χ3n) is 2.42. The van der Waals surface area contributed by atoms with Gasteiger partial charge in [-0.2, -0.15) is 0 Å². The van der Waals surface area contributed by atoms with E-state index in [1.807, 2.05) is 18.2 Å². The normalized spacial score (nSPS) is 10.1. The van der Waals surface area contributed by atoms with Gasteiger partial charge in [0.1, 0.15) is 0 Å². The maximum absolute atomic E-state index is 5.26. The lowest BCUT2D eigenvalue weighted by atomic mass is 10.2. The third-order valence-corrected chi connectivity index (χ3v) is 4.43. The molecule has 0 aliphatic carbocycles. The van der Waals surface area contributed by atoms with Crippen molar-refractivity contribution in [2.45, 2.75) is 13.5 Å². The highest BCUT2D eigenvalue weighted by molar-refractivity contribution is 9.10. The van der Waals surface area contributed by atoms with E-state index in [1.165, 1.54) is 10.4 Å². The summed E-state index contributed by atoms with van der Waals surface area (Å²) in [6.45, 7) is 2.82. The van der Waals surface area contributed by atoms with Gasteiger partial charge in [0.2, 0.25) is 0 Å². The Balaban J connectivity index is 1.88. The van der Waals surface area contributed by atoms with Crippen LogP contribution in [0.4, 0.5) is 5.69 Å². The lowest BCUT2D eigenvalue weighted by Gasteiger charge is -2.10. The summed E-state index contributed by atoms with van der Waals surface area (Å²) in [4.78, 5) is 1.27. The molecular formula is C13H13BrN2S2. The van der Waals surface area contributed by atoms with Crippen LogP contribution in [0.5, 0.6) is 0 Å². The van der Waals surface area contributed by atoms with Crippen molar-refractivity contribution >= 4 is 50.3 Å². The summed E-state index contributed by atoms with van der Waals surface area (Å²) in [5.41, 5.74) is 2.18. The van der Waals surface area contributed by atoms with Gasteiger partial charge in [-0.1, -0.05) is 22.0 Å². The number of nitrogens with one attached hydrogen (secondary N) is 2. The molecule has 0 radical (unpaired) electrons. The molecule has 2 rings (SSSR count). The lowest BCUT2D eigenvalue weighted by molar-refractivity contribution is 0.946. The van der Waals surface area contributed by atoms with E-state index in [2.05, 4.69) is 51.0 Å². The van der Waals surface area contributed by atoms with Gasteiger partial charge in [-0.3, -0.25) is 0 Å². The molecule has 0 spiro atoms. The Bertz CT molecular complexity index is 538. The summed E-state index contributed by atoms with van der Waals surface area (Å²) < 4.78 is 1.10. The molecule has 1 aromatic carbocycles. The summed E-state index contributed by atoms with van der Waals surface area (Å²) in [7, 11) is 0. The first-order valence-electron chi connectivity index (χ1n) is 5.48. The van der Waals surface area contributed by atoms with Crippen LogP contribution >= 0.6 is 39.5 Å². The first-order valence-corrected chi connectivity index (χ1v) is 7.56. The molecule has 1 aromatic heterocycles. The fourth-order valence-electron chi connectivity index (χ4n) is 1.48. The van der Waals surface area contributed by atoms with Crippen LogP contribution in [0.15, 0.2) is 40.2 Å². The molecule has 0 bridgehead atoms. The zero-order valence-corrected chi connectivity index (χ0v) is 13.1. The predicted molar refractivity (Wildman–Crippen MR) is 86.3 cm³/mol. The number of benzene rings is 1. The molecule has 0 saturated heterocycles. The second kappa shape index (κ2) is 6.31. The molecule has 0 amide bonds. The number of anilines is 1. The molecule has 0 saturated carbocycles. The number of rotatable bonds is 3. The zero-order chi connectivity index (χ0) is 13.0. The Hall–Kier alpha value is -0.910. The first-order chi connectivity index (χ1) is 8.65. The molecule has 2 nitrogen and oxygen atoms in total. The minimum Gasteiger partial charge on any atom is -0.358 e. The van der Waals surface area contributed by atoms with E-state index < -0.39 is 0 Å². The molecule has 94 valence electrons. The SMILES string of the molecule is Cc1cc(NC(=S)NCc2cccs2)ccc1Br. The van der Waals surface area contributed by atoms with Gasteiger partial charge in [0.25, 0.3) is 0 Å². The largest absolute Gasteiger partial charge is 0.358 e. The molecule has 5 heteroatoms.